The summed E-state index contributed by atoms with van der Waals surface area (Å²) in [6.07, 6.45) is 0. The van der Waals surface area contributed by atoms with Gasteiger partial charge in [0, 0.05) is 5.69 Å². The fourth-order valence-corrected chi connectivity index (χ4v) is 1.60. The highest BCUT2D eigenvalue weighted by Crippen LogP contribution is 2.19. The minimum absolute atomic E-state index is 0.0782. The van der Waals surface area contributed by atoms with E-state index in [-0.39, 0.29) is 5.75 Å². The van der Waals surface area contributed by atoms with Gasteiger partial charge in [-0.2, -0.15) is 5.26 Å². The molecule has 0 aliphatic rings. The normalized spacial score (nSPS) is 9.43. The van der Waals surface area contributed by atoms with Gasteiger partial charge in [-0.25, -0.2) is 4.98 Å². The lowest BCUT2D eigenvalue weighted by molar-refractivity contribution is -0.133. The standard InChI is InChI=1S/C9H8N2O2S/c1-6-2-3-7(4-10)9(11-6)14-5-8(12)13/h2-3H,5H2,1H3,(H,12,13). The van der Waals surface area contributed by atoms with E-state index in [1.807, 2.05) is 6.07 Å². The second-order valence-electron chi connectivity index (χ2n) is 2.60. The van der Waals surface area contributed by atoms with E-state index in [1.165, 1.54) is 0 Å². The number of rotatable bonds is 3. The maximum Gasteiger partial charge on any atom is 0.313 e. The molecule has 72 valence electrons. The van der Waals surface area contributed by atoms with Crippen LogP contribution in [0.5, 0.6) is 0 Å². The van der Waals surface area contributed by atoms with Crippen LogP contribution < -0.4 is 0 Å². The summed E-state index contributed by atoms with van der Waals surface area (Å²) in [5.41, 5.74) is 1.19. The molecule has 1 rings (SSSR count). The van der Waals surface area contributed by atoms with Gasteiger partial charge in [0.05, 0.1) is 11.3 Å². The van der Waals surface area contributed by atoms with Crippen LogP contribution in [0.2, 0.25) is 0 Å². The topological polar surface area (TPSA) is 74.0 Å². The van der Waals surface area contributed by atoms with Crippen molar-refractivity contribution in [1.82, 2.24) is 4.98 Å². The fourth-order valence-electron chi connectivity index (χ4n) is 0.858. The van der Waals surface area contributed by atoms with E-state index in [1.54, 1.807) is 19.1 Å². The second kappa shape index (κ2) is 4.63. The van der Waals surface area contributed by atoms with Gasteiger partial charge >= 0.3 is 5.97 Å². The zero-order valence-electron chi connectivity index (χ0n) is 7.52. The van der Waals surface area contributed by atoms with Gasteiger partial charge in [-0.05, 0) is 19.1 Å². The number of aryl methyl sites for hydroxylation is 1. The predicted molar refractivity (Wildman–Crippen MR) is 52.0 cm³/mol. The van der Waals surface area contributed by atoms with Crippen molar-refractivity contribution >= 4 is 17.7 Å². The Balaban J connectivity index is 2.89. The monoisotopic (exact) mass is 208 g/mol. The van der Waals surface area contributed by atoms with E-state index in [0.717, 1.165) is 17.5 Å². The first-order valence-corrected chi connectivity index (χ1v) is 4.84. The van der Waals surface area contributed by atoms with Crippen molar-refractivity contribution in [2.45, 2.75) is 11.9 Å². The summed E-state index contributed by atoms with van der Waals surface area (Å²) in [5.74, 6) is -0.993. The van der Waals surface area contributed by atoms with Crippen LogP contribution in [0.3, 0.4) is 0 Å². The molecule has 0 saturated heterocycles. The number of aliphatic carboxylic acids is 1. The number of nitrogens with zero attached hydrogens (tertiary/aromatic N) is 2. The van der Waals surface area contributed by atoms with E-state index in [9.17, 15) is 4.79 Å². The molecule has 0 aliphatic heterocycles. The number of carbonyl (C=O) groups is 1. The Morgan fingerprint density at radius 3 is 3.00 bits per heavy atom. The van der Waals surface area contributed by atoms with Crippen molar-refractivity contribution in [2.24, 2.45) is 0 Å². The Bertz CT molecular complexity index is 398. The third-order valence-corrected chi connectivity index (χ3v) is 2.43. The molecule has 0 aromatic carbocycles. The van der Waals surface area contributed by atoms with Gasteiger partial charge in [-0.3, -0.25) is 4.79 Å². The van der Waals surface area contributed by atoms with Gasteiger partial charge in [-0.15, -0.1) is 0 Å². The molecule has 0 amide bonds. The number of carboxylic acid groups (broad SMARTS) is 1. The lowest BCUT2D eigenvalue weighted by Gasteiger charge is -2.01. The first kappa shape index (κ1) is 10.5. The molecule has 1 aromatic rings. The average Bonchev–Trinajstić information content (AvgIpc) is 2.15. The smallest absolute Gasteiger partial charge is 0.313 e. The lowest BCUT2D eigenvalue weighted by atomic mass is 10.3. The molecule has 1 N–H and O–H groups in total. The minimum Gasteiger partial charge on any atom is -0.481 e. The van der Waals surface area contributed by atoms with E-state index >= 15 is 0 Å². The van der Waals surface area contributed by atoms with Crippen molar-refractivity contribution in [3.63, 3.8) is 0 Å². The van der Waals surface area contributed by atoms with Crippen LogP contribution in [0.4, 0.5) is 0 Å². The summed E-state index contributed by atoms with van der Waals surface area (Å²) in [7, 11) is 0. The third-order valence-electron chi connectivity index (χ3n) is 1.45. The molecular weight excluding hydrogens is 200 g/mol. The highest BCUT2D eigenvalue weighted by Gasteiger charge is 2.06. The highest BCUT2D eigenvalue weighted by atomic mass is 32.2. The summed E-state index contributed by atoms with van der Waals surface area (Å²) in [6, 6.07) is 5.34. The van der Waals surface area contributed by atoms with Gasteiger partial charge in [0.15, 0.2) is 0 Å². The molecule has 0 fully saturated rings. The first-order valence-electron chi connectivity index (χ1n) is 3.86. The van der Waals surface area contributed by atoms with E-state index < -0.39 is 5.97 Å². The zero-order chi connectivity index (χ0) is 10.6. The number of hydrogen-bond acceptors (Lipinski definition) is 4. The van der Waals surface area contributed by atoms with Gasteiger partial charge in [0.2, 0.25) is 0 Å². The number of aromatic nitrogens is 1. The van der Waals surface area contributed by atoms with Crippen molar-refractivity contribution < 1.29 is 9.90 Å². The van der Waals surface area contributed by atoms with Crippen molar-refractivity contribution in [2.75, 3.05) is 5.75 Å². The Labute approximate surface area is 85.6 Å². The Kier molecular flexibility index (Phi) is 3.48. The van der Waals surface area contributed by atoms with E-state index in [0.29, 0.717) is 10.6 Å². The van der Waals surface area contributed by atoms with Crippen LogP contribution in [0.25, 0.3) is 0 Å². The number of thioether (sulfide) groups is 1. The molecule has 5 heteroatoms. The third kappa shape index (κ3) is 2.75. The molecule has 0 saturated carbocycles. The Morgan fingerprint density at radius 2 is 2.43 bits per heavy atom. The molecule has 0 unspecified atom stereocenters. The van der Waals surface area contributed by atoms with Gasteiger partial charge in [0.1, 0.15) is 11.1 Å². The van der Waals surface area contributed by atoms with Crippen molar-refractivity contribution in [3.8, 4) is 6.07 Å². The molecule has 1 aromatic heterocycles. The van der Waals surface area contributed by atoms with E-state index in [4.69, 9.17) is 10.4 Å². The largest absolute Gasteiger partial charge is 0.481 e. The fraction of sp³-hybridized carbons (Fsp3) is 0.222. The molecule has 4 nitrogen and oxygen atoms in total. The molecule has 0 radical (unpaired) electrons. The van der Waals surface area contributed by atoms with Gasteiger partial charge < -0.3 is 5.11 Å². The molecule has 14 heavy (non-hydrogen) atoms. The average molecular weight is 208 g/mol. The molecule has 0 atom stereocenters. The van der Waals surface area contributed by atoms with Crippen molar-refractivity contribution in [3.05, 3.63) is 23.4 Å². The van der Waals surface area contributed by atoms with Crippen LogP contribution in [0.1, 0.15) is 11.3 Å². The molecule has 0 aliphatic carbocycles. The number of nitriles is 1. The van der Waals surface area contributed by atoms with E-state index in [2.05, 4.69) is 4.98 Å². The second-order valence-corrected chi connectivity index (χ2v) is 3.56. The lowest BCUT2D eigenvalue weighted by Crippen LogP contribution is -1.99. The SMILES string of the molecule is Cc1ccc(C#N)c(SCC(=O)O)n1. The zero-order valence-corrected chi connectivity index (χ0v) is 8.34. The van der Waals surface area contributed by atoms with Crippen LogP contribution in [0, 0.1) is 18.3 Å². The quantitative estimate of drug-likeness (QED) is 0.761. The molecular formula is C9H8N2O2S. The van der Waals surface area contributed by atoms with Crippen LogP contribution in [-0.4, -0.2) is 21.8 Å². The molecule has 0 spiro atoms. The van der Waals surface area contributed by atoms with Crippen molar-refractivity contribution in [1.29, 1.82) is 5.26 Å². The minimum atomic E-state index is -0.915. The summed E-state index contributed by atoms with van der Waals surface area (Å²) < 4.78 is 0. The molecule has 0 bridgehead atoms. The predicted octanol–water partition coefficient (Wildman–Crippen LogP) is 1.44. The number of carboxylic acids is 1. The van der Waals surface area contributed by atoms with Gasteiger partial charge in [-0.1, -0.05) is 11.8 Å². The summed E-state index contributed by atoms with van der Waals surface area (Å²) >= 11 is 1.06. The van der Waals surface area contributed by atoms with Crippen LogP contribution in [-0.2, 0) is 4.79 Å². The van der Waals surface area contributed by atoms with Gasteiger partial charge in [0.25, 0.3) is 0 Å². The maximum absolute atomic E-state index is 10.3. The number of pyridine rings is 1. The highest BCUT2D eigenvalue weighted by molar-refractivity contribution is 7.99. The summed E-state index contributed by atoms with van der Waals surface area (Å²) in [6.45, 7) is 1.80. The summed E-state index contributed by atoms with van der Waals surface area (Å²) in [4.78, 5) is 14.4. The number of hydrogen-bond donors (Lipinski definition) is 1. The van der Waals surface area contributed by atoms with Crippen LogP contribution in [0.15, 0.2) is 17.2 Å². The Morgan fingerprint density at radius 1 is 1.71 bits per heavy atom. The maximum atomic E-state index is 10.3. The summed E-state index contributed by atoms with van der Waals surface area (Å²) in [5, 5.41) is 17.7. The first-order chi connectivity index (χ1) is 6.63. The van der Waals surface area contributed by atoms with Crippen LogP contribution >= 0.6 is 11.8 Å². The Hall–Kier alpha value is -1.54. The molecule has 1 heterocycles.